The molecule has 1 aliphatic carbocycles. The fourth-order valence-electron chi connectivity index (χ4n) is 4.38. The second-order valence-corrected chi connectivity index (χ2v) is 10.1. The van der Waals surface area contributed by atoms with Crippen molar-refractivity contribution in [1.82, 2.24) is 15.2 Å². The molecule has 2 aliphatic rings. The summed E-state index contributed by atoms with van der Waals surface area (Å²) in [7, 11) is 0. The molecule has 10 heteroatoms. The molecule has 2 fully saturated rings. The Kier molecular flexibility index (Phi) is 7.98. The van der Waals surface area contributed by atoms with E-state index < -0.39 is 29.8 Å². The van der Waals surface area contributed by atoms with E-state index >= 15 is 0 Å². The third-order valence-corrected chi connectivity index (χ3v) is 6.23. The molecule has 1 atom stereocenters. The van der Waals surface area contributed by atoms with Crippen LogP contribution in [0.25, 0.3) is 0 Å². The lowest BCUT2D eigenvalue weighted by molar-refractivity contribution is -0.185. The van der Waals surface area contributed by atoms with E-state index in [1.807, 2.05) is 0 Å². The van der Waals surface area contributed by atoms with Crippen LogP contribution in [0.1, 0.15) is 70.6 Å². The van der Waals surface area contributed by atoms with Gasteiger partial charge in [-0.05, 0) is 71.8 Å². The average molecular weight is 486 g/mol. The molecule has 1 saturated heterocycles. The van der Waals surface area contributed by atoms with Gasteiger partial charge in [0.25, 0.3) is 0 Å². The van der Waals surface area contributed by atoms with Crippen molar-refractivity contribution in [3.05, 3.63) is 23.4 Å². The number of carbonyl (C=O) groups is 2. The monoisotopic (exact) mass is 485 g/mol. The number of aryl methyl sites for hydroxylation is 1. The Bertz CT molecular complexity index is 877. The van der Waals surface area contributed by atoms with E-state index in [4.69, 9.17) is 9.47 Å². The summed E-state index contributed by atoms with van der Waals surface area (Å²) >= 11 is 0. The molecule has 34 heavy (non-hydrogen) atoms. The molecule has 1 aliphatic heterocycles. The van der Waals surface area contributed by atoms with Crippen molar-refractivity contribution < 1.29 is 32.2 Å². The van der Waals surface area contributed by atoms with Crippen molar-refractivity contribution >= 4 is 12.0 Å². The van der Waals surface area contributed by atoms with Crippen molar-refractivity contribution in [2.24, 2.45) is 5.92 Å². The molecule has 1 unspecified atom stereocenters. The van der Waals surface area contributed by atoms with Gasteiger partial charge in [-0.3, -0.25) is 9.69 Å². The number of carbonyl (C=O) groups excluding carboxylic acids is 2. The summed E-state index contributed by atoms with van der Waals surface area (Å²) in [6.07, 6.45) is -2.78. The first-order chi connectivity index (χ1) is 15.8. The summed E-state index contributed by atoms with van der Waals surface area (Å²) in [5, 5.41) is 2.87. The summed E-state index contributed by atoms with van der Waals surface area (Å²) in [6.45, 7) is 7.86. The minimum absolute atomic E-state index is 0.0682. The number of aromatic nitrogens is 1. The maximum atomic E-state index is 12.8. The summed E-state index contributed by atoms with van der Waals surface area (Å²) in [6, 6.07) is 2.89. The molecule has 190 valence electrons. The normalized spacial score (nSPS) is 23.5. The first kappa shape index (κ1) is 26.1. The highest BCUT2D eigenvalue weighted by Gasteiger charge is 2.42. The standard InChI is InChI=1S/C24H34F3N3O4/c1-15-16(7-12-20(29-15)33-18-10-8-17(9-11-18)24(25,26)27)14-28-21(31)19-6-5-13-30(19)22(32)34-23(2,3)4/h7,12,17-19H,5-6,8-11,13-14H2,1-4H3,(H,28,31). The number of pyridine rings is 1. The number of alkyl halides is 3. The SMILES string of the molecule is Cc1nc(OC2CCC(C(F)(F)F)CC2)ccc1CNC(=O)C1CCCN1C(=O)OC(C)(C)C. The molecule has 0 radical (unpaired) electrons. The largest absolute Gasteiger partial charge is 0.474 e. The topological polar surface area (TPSA) is 80.8 Å². The van der Waals surface area contributed by atoms with E-state index in [1.165, 1.54) is 4.90 Å². The maximum Gasteiger partial charge on any atom is 0.410 e. The molecule has 7 nitrogen and oxygen atoms in total. The summed E-state index contributed by atoms with van der Waals surface area (Å²) in [5.41, 5.74) is 0.825. The summed E-state index contributed by atoms with van der Waals surface area (Å²) < 4.78 is 49.7. The predicted molar refractivity (Wildman–Crippen MR) is 119 cm³/mol. The second kappa shape index (κ2) is 10.4. The van der Waals surface area contributed by atoms with Gasteiger partial charge in [-0.25, -0.2) is 9.78 Å². The smallest absolute Gasteiger partial charge is 0.410 e. The molecular formula is C24H34F3N3O4. The number of amides is 2. The molecule has 1 aromatic heterocycles. The Morgan fingerprint density at radius 1 is 1.12 bits per heavy atom. The summed E-state index contributed by atoms with van der Waals surface area (Å²) in [4.78, 5) is 31.0. The van der Waals surface area contributed by atoms with E-state index in [0.29, 0.717) is 37.4 Å². The second-order valence-electron chi connectivity index (χ2n) is 10.1. The van der Waals surface area contributed by atoms with Crippen LogP contribution >= 0.6 is 0 Å². The lowest BCUT2D eigenvalue weighted by atomic mass is 9.87. The van der Waals surface area contributed by atoms with E-state index in [0.717, 1.165) is 12.0 Å². The zero-order valence-electron chi connectivity index (χ0n) is 20.2. The number of ether oxygens (including phenoxy) is 2. The molecule has 1 N–H and O–H groups in total. The first-order valence-electron chi connectivity index (χ1n) is 11.8. The van der Waals surface area contributed by atoms with Crippen LogP contribution in [0.3, 0.4) is 0 Å². The van der Waals surface area contributed by atoms with Gasteiger partial charge in [0.05, 0.1) is 5.92 Å². The quantitative estimate of drug-likeness (QED) is 0.641. The third-order valence-electron chi connectivity index (χ3n) is 6.23. The van der Waals surface area contributed by atoms with Crippen molar-refractivity contribution in [1.29, 1.82) is 0 Å². The minimum Gasteiger partial charge on any atom is -0.474 e. The number of hydrogen-bond donors (Lipinski definition) is 1. The zero-order valence-corrected chi connectivity index (χ0v) is 20.2. The third kappa shape index (κ3) is 6.99. The van der Waals surface area contributed by atoms with E-state index in [1.54, 1.807) is 39.8 Å². The number of likely N-dealkylation sites (tertiary alicyclic amines) is 1. The fourth-order valence-corrected chi connectivity index (χ4v) is 4.38. The van der Waals surface area contributed by atoms with Crippen LogP contribution in [-0.4, -0.2) is 52.4 Å². The van der Waals surface area contributed by atoms with Gasteiger partial charge < -0.3 is 14.8 Å². The molecule has 1 saturated carbocycles. The highest BCUT2D eigenvalue weighted by Crippen LogP contribution is 2.38. The van der Waals surface area contributed by atoms with Gasteiger partial charge in [-0.2, -0.15) is 13.2 Å². The number of rotatable bonds is 5. The van der Waals surface area contributed by atoms with Gasteiger partial charge in [-0.1, -0.05) is 6.07 Å². The number of halogens is 3. The van der Waals surface area contributed by atoms with Crippen LogP contribution in [0.15, 0.2) is 12.1 Å². The van der Waals surface area contributed by atoms with Crippen LogP contribution in [-0.2, 0) is 16.1 Å². The Labute approximate surface area is 198 Å². The van der Waals surface area contributed by atoms with Crippen LogP contribution in [0.2, 0.25) is 0 Å². The van der Waals surface area contributed by atoms with Crippen LogP contribution in [0.4, 0.5) is 18.0 Å². The molecule has 2 amide bonds. The molecule has 1 aromatic rings. The number of nitrogens with zero attached hydrogens (tertiary/aromatic N) is 2. The van der Waals surface area contributed by atoms with Gasteiger partial charge in [0.1, 0.15) is 17.7 Å². The predicted octanol–water partition coefficient (Wildman–Crippen LogP) is 4.91. The Balaban J connectivity index is 1.51. The van der Waals surface area contributed by atoms with Gasteiger partial charge in [0, 0.05) is 24.8 Å². The average Bonchev–Trinajstić information content (AvgIpc) is 3.22. The number of nitrogens with one attached hydrogen (secondary N) is 1. The fraction of sp³-hybridized carbons (Fsp3) is 0.708. The highest BCUT2D eigenvalue weighted by atomic mass is 19.4. The van der Waals surface area contributed by atoms with Gasteiger partial charge in [0.2, 0.25) is 11.8 Å². The van der Waals surface area contributed by atoms with E-state index in [2.05, 4.69) is 10.3 Å². The molecule has 0 aromatic carbocycles. The van der Waals surface area contributed by atoms with Crippen LogP contribution < -0.4 is 10.1 Å². The van der Waals surface area contributed by atoms with Crippen LogP contribution in [0.5, 0.6) is 5.88 Å². The lowest BCUT2D eigenvalue weighted by Crippen LogP contribution is -2.47. The molecule has 0 spiro atoms. The zero-order chi connectivity index (χ0) is 25.1. The number of hydrogen-bond acceptors (Lipinski definition) is 5. The molecule has 3 rings (SSSR count). The van der Waals surface area contributed by atoms with E-state index in [9.17, 15) is 22.8 Å². The lowest BCUT2D eigenvalue weighted by Gasteiger charge is -2.30. The minimum atomic E-state index is -4.14. The Morgan fingerprint density at radius 2 is 1.79 bits per heavy atom. The molecule has 2 heterocycles. The highest BCUT2D eigenvalue weighted by molar-refractivity contribution is 5.86. The van der Waals surface area contributed by atoms with Crippen LogP contribution in [0, 0.1) is 12.8 Å². The first-order valence-corrected chi connectivity index (χ1v) is 11.8. The molecular weight excluding hydrogens is 451 g/mol. The Morgan fingerprint density at radius 3 is 2.38 bits per heavy atom. The van der Waals surface area contributed by atoms with Crippen molar-refractivity contribution in [2.45, 2.75) is 96.7 Å². The van der Waals surface area contributed by atoms with Crippen molar-refractivity contribution in [2.75, 3.05) is 6.54 Å². The van der Waals surface area contributed by atoms with Crippen molar-refractivity contribution in [3.63, 3.8) is 0 Å². The molecule has 0 bridgehead atoms. The summed E-state index contributed by atoms with van der Waals surface area (Å²) in [5.74, 6) is -1.13. The van der Waals surface area contributed by atoms with Gasteiger partial charge in [0.15, 0.2) is 0 Å². The maximum absolute atomic E-state index is 12.8. The van der Waals surface area contributed by atoms with E-state index in [-0.39, 0.29) is 31.4 Å². The van der Waals surface area contributed by atoms with Gasteiger partial charge in [-0.15, -0.1) is 0 Å². The van der Waals surface area contributed by atoms with Crippen molar-refractivity contribution in [3.8, 4) is 5.88 Å². The van der Waals surface area contributed by atoms with Gasteiger partial charge >= 0.3 is 12.3 Å². The Hall–Kier alpha value is -2.52.